The lowest BCUT2D eigenvalue weighted by atomic mass is 9.93. The number of amides is 1. The Morgan fingerprint density at radius 1 is 1.21 bits per heavy atom. The molecule has 1 amide bonds. The van der Waals surface area contributed by atoms with Gasteiger partial charge in [-0.05, 0) is 58.1 Å². The van der Waals surface area contributed by atoms with Gasteiger partial charge < -0.3 is 20.5 Å². The number of likely N-dealkylation sites (tertiary alicyclic amines) is 1. The van der Waals surface area contributed by atoms with Crippen LogP contribution in [0.4, 0.5) is 10.6 Å². The van der Waals surface area contributed by atoms with E-state index in [1.807, 2.05) is 55.8 Å². The van der Waals surface area contributed by atoms with Gasteiger partial charge in [-0.2, -0.15) is 4.98 Å². The van der Waals surface area contributed by atoms with Crippen molar-refractivity contribution >= 4 is 23.8 Å². The third-order valence-electron chi connectivity index (χ3n) is 5.72. The molecule has 4 rings (SSSR count). The van der Waals surface area contributed by atoms with Gasteiger partial charge in [0.15, 0.2) is 0 Å². The Morgan fingerprint density at radius 2 is 1.94 bits per heavy atom. The number of anilines is 1. The molecule has 0 spiro atoms. The molecular formula is C25H31N5O3. The van der Waals surface area contributed by atoms with Crippen molar-refractivity contribution in [3.8, 4) is 17.0 Å². The predicted octanol–water partition coefficient (Wildman–Crippen LogP) is 4.73. The number of aromatic nitrogens is 3. The summed E-state index contributed by atoms with van der Waals surface area (Å²) in [5.41, 5.74) is 7.79. The van der Waals surface area contributed by atoms with Crippen LogP contribution in [-0.4, -0.2) is 49.2 Å². The summed E-state index contributed by atoms with van der Waals surface area (Å²) in [5, 5.41) is 10.1. The number of ether oxygens (including phenoxy) is 1. The van der Waals surface area contributed by atoms with Crippen LogP contribution in [0.1, 0.15) is 45.6 Å². The van der Waals surface area contributed by atoms with Crippen LogP contribution in [0.25, 0.3) is 23.1 Å². The number of nitrogens with zero attached hydrogens (tertiary/aromatic N) is 4. The molecule has 0 unspecified atom stereocenters. The van der Waals surface area contributed by atoms with Gasteiger partial charge in [0.1, 0.15) is 17.2 Å². The smallest absolute Gasteiger partial charge is 0.410 e. The van der Waals surface area contributed by atoms with Crippen LogP contribution in [0.3, 0.4) is 0 Å². The maximum atomic E-state index is 12.2. The summed E-state index contributed by atoms with van der Waals surface area (Å²) in [4.78, 5) is 22.9. The zero-order chi connectivity index (χ0) is 23.6. The average Bonchev–Trinajstić information content (AvgIpc) is 3.16. The van der Waals surface area contributed by atoms with Crippen molar-refractivity contribution in [3.05, 3.63) is 48.3 Å². The summed E-state index contributed by atoms with van der Waals surface area (Å²) in [6.45, 7) is 7.09. The van der Waals surface area contributed by atoms with Crippen LogP contribution >= 0.6 is 0 Å². The Balaban J connectivity index is 1.38. The van der Waals surface area contributed by atoms with Crippen molar-refractivity contribution in [2.75, 3.05) is 18.8 Å². The number of carbonyl (C=O) groups is 1. The number of allylic oxidation sites excluding steroid dienone is 1. The number of fused-ring (bicyclic) bond motifs is 1. The fourth-order valence-electron chi connectivity index (χ4n) is 3.96. The van der Waals surface area contributed by atoms with Crippen LogP contribution in [0.2, 0.25) is 0 Å². The summed E-state index contributed by atoms with van der Waals surface area (Å²) in [6.07, 6.45) is 10.4. The molecule has 1 aliphatic rings. The van der Waals surface area contributed by atoms with Gasteiger partial charge in [0, 0.05) is 36.6 Å². The number of carbonyl (C=O) groups excluding carboxylic acids is 1. The second kappa shape index (κ2) is 9.13. The quantitative estimate of drug-likeness (QED) is 0.596. The molecule has 0 aliphatic carbocycles. The standard InChI is InChI=1S/C25H31N5O3/c1-25(2,3)33-24(32)29-13-11-17(12-14-29)7-6-8-18-15-30-16-20(27-23(30)28-22(18)26)19-9-4-5-10-21(19)31/h4-6,8-10,15-17,31H,7,11-14H2,1-3H3,(H2,26,27,28)/b8-6-. The van der Waals surface area contributed by atoms with Gasteiger partial charge in [0.2, 0.25) is 5.78 Å². The summed E-state index contributed by atoms with van der Waals surface area (Å²) in [5.74, 6) is 1.58. The molecule has 0 bridgehead atoms. The first-order valence-corrected chi connectivity index (χ1v) is 11.3. The molecule has 1 fully saturated rings. The van der Waals surface area contributed by atoms with Gasteiger partial charge >= 0.3 is 6.09 Å². The van der Waals surface area contributed by atoms with Crippen LogP contribution in [0, 0.1) is 5.92 Å². The molecule has 2 aromatic heterocycles. The molecule has 3 aromatic rings. The first-order chi connectivity index (χ1) is 15.7. The van der Waals surface area contributed by atoms with Gasteiger partial charge in [0.05, 0.1) is 5.69 Å². The number of aromatic hydroxyl groups is 1. The normalized spacial score (nSPS) is 15.4. The minimum Gasteiger partial charge on any atom is -0.507 e. The number of rotatable bonds is 4. The Labute approximate surface area is 193 Å². The number of imidazole rings is 1. The second-order valence-electron chi connectivity index (χ2n) is 9.48. The summed E-state index contributed by atoms with van der Waals surface area (Å²) in [7, 11) is 0. The highest BCUT2D eigenvalue weighted by Crippen LogP contribution is 2.28. The van der Waals surface area contributed by atoms with E-state index < -0.39 is 5.60 Å². The van der Waals surface area contributed by atoms with Crippen molar-refractivity contribution in [1.82, 2.24) is 19.3 Å². The molecule has 0 saturated carbocycles. The number of hydrogen-bond donors (Lipinski definition) is 2. The van der Waals surface area contributed by atoms with Crippen molar-refractivity contribution in [2.45, 2.75) is 45.6 Å². The van der Waals surface area contributed by atoms with E-state index in [1.54, 1.807) is 17.0 Å². The molecule has 8 nitrogen and oxygen atoms in total. The molecule has 3 N–H and O–H groups in total. The molecule has 1 aliphatic heterocycles. The van der Waals surface area contributed by atoms with Crippen LogP contribution in [-0.2, 0) is 4.74 Å². The monoisotopic (exact) mass is 449 g/mol. The van der Waals surface area contributed by atoms with Gasteiger partial charge in [-0.15, -0.1) is 0 Å². The number of nitrogens with two attached hydrogens (primary N) is 1. The number of benzene rings is 1. The van der Waals surface area contributed by atoms with E-state index in [2.05, 4.69) is 16.0 Å². The van der Waals surface area contributed by atoms with E-state index in [1.165, 1.54) is 0 Å². The Hall–Kier alpha value is -3.55. The van der Waals surface area contributed by atoms with Gasteiger partial charge in [0.25, 0.3) is 0 Å². The van der Waals surface area contributed by atoms with Crippen molar-refractivity contribution in [1.29, 1.82) is 0 Å². The molecule has 33 heavy (non-hydrogen) atoms. The fraction of sp³-hybridized carbons (Fsp3) is 0.400. The lowest BCUT2D eigenvalue weighted by molar-refractivity contribution is 0.0185. The number of hydrogen-bond acceptors (Lipinski definition) is 6. The third-order valence-corrected chi connectivity index (χ3v) is 5.72. The first kappa shape index (κ1) is 22.6. The van der Waals surface area contributed by atoms with Crippen LogP contribution in [0.5, 0.6) is 5.75 Å². The largest absolute Gasteiger partial charge is 0.507 e. The number of phenolic OH excluding ortho intramolecular Hbond substituents is 1. The molecule has 8 heteroatoms. The van der Waals surface area contributed by atoms with E-state index in [0.717, 1.165) is 24.8 Å². The number of nitrogen functional groups attached to an aromatic ring is 1. The second-order valence-corrected chi connectivity index (χ2v) is 9.48. The summed E-state index contributed by atoms with van der Waals surface area (Å²) >= 11 is 0. The molecule has 0 atom stereocenters. The minimum atomic E-state index is -0.469. The third kappa shape index (κ3) is 5.45. The molecule has 1 aromatic carbocycles. The molecule has 3 heterocycles. The summed E-state index contributed by atoms with van der Waals surface area (Å²) in [6, 6.07) is 7.07. The Morgan fingerprint density at radius 3 is 2.64 bits per heavy atom. The topological polar surface area (TPSA) is 106 Å². The van der Waals surface area contributed by atoms with Crippen molar-refractivity contribution in [3.63, 3.8) is 0 Å². The lowest BCUT2D eigenvalue weighted by Crippen LogP contribution is -2.41. The molecule has 0 radical (unpaired) electrons. The highest BCUT2D eigenvalue weighted by atomic mass is 16.6. The number of phenols is 1. The first-order valence-electron chi connectivity index (χ1n) is 11.3. The van der Waals surface area contributed by atoms with Crippen LogP contribution in [0.15, 0.2) is 42.7 Å². The van der Waals surface area contributed by atoms with Gasteiger partial charge in [-0.1, -0.05) is 24.3 Å². The maximum absolute atomic E-state index is 12.2. The predicted molar refractivity (Wildman–Crippen MR) is 129 cm³/mol. The highest BCUT2D eigenvalue weighted by Gasteiger charge is 2.26. The Kier molecular flexibility index (Phi) is 6.26. The zero-order valence-electron chi connectivity index (χ0n) is 19.4. The Bertz CT molecular complexity index is 1170. The van der Waals surface area contributed by atoms with Crippen molar-refractivity contribution in [2.24, 2.45) is 5.92 Å². The molecule has 1 saturated heterocycles. The zero-order valence-corrected chi connectivity index (χ0v) is 19.4. The molecule has 174 valence electrons. The average molecular weight is 450 g/mol. The van der Waals surface area contributed by atoms with E-state index in [0.29, 0.717) is 41.9 Å². The SMILES string of the molecule is CC(C)(C)OC(=O)N1CCC(C/C=C\c2cn3cc(-c4ccccc4O)nc3nc2N)CC1. The van der Waals surface area contributed by atoms with E-state index in [4.69, 9.17) is 10.5 Å². The van der Waals surface area contributed by atoms with E-state index >= 15 is 0 Å². The maximum Gasteiger partial charge on any atom is 0.410 e. The van der Waals surface area contributed by atoms with Crippen LogP contribution < -0.4 is 5.73 Å². The fourth-order valence-corrected chi connectivity index (χ4v) is 3.96. The van der Waals surface area contributed by atoms with E-state index in [-0.39, 0.29) is 11.8 Å². The molecular weight excluding hydrogens is 418 g/mol. The summed E-state index contributed by atoms with van der Waals surface area (Å²) < 4.78 is 7.28. The van der Waals surface area contributed by atoms with Crippen molar-refractivity contribution < 1.29 is 14.6 Å². The number of piperidine rings is 1. The van der Waals surface area contributed by atoms with E-state index in [9.17, 15) is 9.90 Å². The highest BCUT2D eigenvalue weighted by molar-refractivity contribution is 5.70. The minimum absolute atomic E-state index is 0.173. The van der Waals surface area contributed by atoms with Gasteiger partial charge in [-0.3, -0.25) is 4.40 Å². The number of para-hydroxylation sites is 1. The lowest BCUT2D eigenvalue weighted by Gasteiger charge is -2.33. The van der Waals surface area contributed by atoms with Gasteiger partial charge in [-0.25, -0.2) is 9.78 Å².